The van der Waals surface area contributed by atoms with E-state index in [9.17, 15) is 18.0 Å². The highest BCUT2D eigenvalue weighted by atomic mass is 35.5. The summed E-state index contributed by atoms with van der Waals surface area (Å²) in [5.74, 6) is -2.51. The summed E-state index contributed by atoms with van der Waals surface area (Å²) in [4.78, 5) is 12.7. The van der Waals surface area contributed by atoms with Gasteiger partial charge in [-0.3, -0.25) is 9.48 Å². The van der Waals surface area contributed by atoms with Gasteiger partial charge in [-0.25, -0.2) is 13.2 Å². The first-order valence-corrected chi connectivity index (χ1v) is 9.98. The molecule has 170 valence electrons. The van der Waals surface area contributed by atoms with Crippen LogP contribution in [0.15, 0.2) is 53.3 Å². The minimum atomic E-state index is -0.871. The highest BCUT2D eigenvalue weighted by Gasteiger charge is 2.21. The quantitative estimate of drug-likeness (QED) is 0.400. The molecule has 2 heterocycles. The molecule has 33 heavy (non-hydrogen) atoms. The maximum absolute atomic E-state index is 13.8. The molecule has 4 rings (SSSR count). The van der Waals surface area contributed by atoms with Crippen molar-refractivity contribution in [2.45, 2.75) is 20.1 Å². The molecule has 0 atom stereocenters. The van der Waals surface area contributed by atoms with Crippen LogP contribution < -0.4 is 10.1 Å². The summed E-state index contributed by atoms with van der Waals surface area (Å²) in [7, 11) is 0. The molecule has 11 heteroatoms. The zero-order valence-corrected chi connectivity index (χ0v) is 17.9. The normalized spacial score (nSPS) is 10.9. The Labute approximate surface area is 190 Å². The van der Waals surface area contributed by atoms with Crippen LogP contribution in [0.1, 0.15) is 27.4 Å². The van der Waals surface area contributed by atoms with Gasteiger partial charge in [0.25, 0.3) is 5.91 Å². The molecule has 7 nitrogen and oxygen atoms in total. The van der Waals surface area contributed by atoms with Gasteiger partial charge in [0.2, 0.25) is 0 Å². The maximum atomic E-state index is 13.8. The van der Waals surface area contributed by atoms with Crippen LogP contribution in [0.25, 0.3) is 0 Å². The molecule has 0 spiro atoms. The van der Waals surface area contributed by atoms with E-state index in [1.807, 2.05) is 0 Å². The van der Waals surface area contributed by atoms with E-state index in [2.05, 4.69) is 15.6 Å². The Hall–Kier alpha value is -3.79. The number of nitrogens with zero attached hydrogens (tertiary/aromatic N) is 3. The second kappa shape index (κ2) is 9.37. The van der Waals surface area contributed by atoms with E-state index in [1.54, 1.807) is 19.2 Å². The zero-order valence-electron chi connectivity index (χ0n) is 17.1. The first-order chi connectivity index (χ1) is 15.8. The van der Waals surface area contributed by atoms with Crippen molar-refractivity contribution in [1.82, 2.24) is 14.9 Å². The molecule has 1 N–H and O–H groups in total. The van der Waals surface area contributed by atoms with E-state index in [0.29, 0.717) is 28.6 Å². The SMILES string of the molecule is Cc1onc(C(=O)Nc2cnn(Cc3ccc(F)cc3Cl)c2)c1COc1ccc(F)cc1F. The Morgan fingerprint density at radius 1 is 1.18 bits per heavy atom. The number of aryl methyl sites for hydroxylation is 1. The minimum absolute atomic E-state index is 0.0515. The monoisotopic (exact) mass is 476 g/mol. The van der Waals surface area contributed by atoms with Crippen LogP contribution in [-0.4, -0.2) is 20.8 Å². The number of benzene rings is 2. The molecule has 2 aromatic carbocycles. The van der Waals surface area contributed by atoms with Crippen LogP contribution in [0.4, 0.5) is 18.9 Å². The fraction of sp³-hybridized carbons (Fsp3) is 0.136. The Morgan fingerprint density at radius 2 is 1.94 bits per heavy atom. The molecule has 0 aliphatic carbocycles. The van der Waals surface area contributed by atoms with E-state index in [4.69, 9.17) is 20.9 Å². The van der Waals surface area contributed by atoms with Crippen molar-refractivity contribution >= 4 is 23.2 Å². The van der Waals surface area contributed by atoms with Gasteiger partial charge in [-0.2, -0.15) is 5.10 Å². The van der Waals surface area contributed by atoms with Crippen molar-refractivity contribution in [1.29, 1.82) is 0 Å². The summed E-state index contributed by atoms with van der Waals surface area (Å²) in [5, 5.41) is 10.8. The molecule has 0 saturated carbocycles. The molecule has 1 amide bonds. The fourth-order valence-corrected chi connectivity index (χ4v) is 3.24. The Bertz CT molecular complexity index is 1320. The lowest BCUT2D eigenvalue weighted by Gasteiger charge is -2.08. The number of carbonyl (C=O) groups is 1. The molecule has 4 aromatic rings. The van der Waals surface area contributed by atoms with E-state index >= 15 is 0 Å². The Kier molecular flexibility index (Phi) is 6.36. The van der Waals surface area contributed by atoms with Crippen molar-refractivity contribution in [3.63, 3.8) is 0 Å². The standard InChI is InChI=1S/C22H16ClF3N4O3/c1-12-17(11-32-20-5-4-15(25)7-19(20)26)21(29-33-12)22(31)28-16-8-27-30(10-16)9-13-2-3-14(24)6-18(13)23/h2-8,10H,9,11H2,1H3,(H,28,31). The van der Waals surface area contributed by atoms with Crippen molar-refractivity contribution in [3.05, 3.63) is 93.8 Å². The molecule has 0 radical (unpaired) electrons. The number of hydrogen-bond acceptors (Lipinski definition) is 5. The third-order valence-electron chi connectivity index (χ3n) is 4.70. The molecule has 0 fully saturated rings. The van der Waals surface area contributed by atoms with Crippen LogP contribution in [0, 0.1) is 24.4 Å². The maximum Gasteiger partial charge on any atom is 0.278 e. The largest absolute Gasteiger partial charge is 0.486 e. The number of ether oxygens (including phenoxy) is 1. The number of halogens is 4. The molecule has 0 unspecified atom stereocenters. The van der Waals surface area contributed by atoms with Crippen molar-refractivity contribution in [2.24, 2.45) is 0 Å². The number of anilines is 1. The lowest BCUT2D eigenvalue weighted by Crippen LogP contribution is -2.15. The summed E-state index contributed by atoms with van der Waals surface area (Å²) in [5.41, 5.74) is 1.28. The van der Waals surface area contributed by atoms with Gasteiger partial charge in [-0.15, -0.1) is 0 Å². The topological polar surface area (TPSA) is 82.2 Å². The average molecular weight is 477 g/mol. The number of nitrogens with one attached hydrogen (secondary N) is 1. The van der Waals surface area contributed by atoms with E-state index in [-0.39, 0.29) is 29.6 Å². The first-order valence-electron chi connectivity index (χ1n) is 9.61. The fourth-order valence-electron chi connectivity index (χ4n) is 3.01. The van der Waals surface area contributed by atoms with Crippen LogP contribution >= 0.6 is 11.6 Å². The van der Waals surface area contributed by atoms with Crippen LogP contribution in [0.5, 0.6) is 5.75 Å². The summed E-state index contributed by atoms with van der Waals surface area (Å²) in [6, 6.07) is 6.95. The highest BCUT2D eigenvalue weighted by molar-refractivity contribution is 6.31. The Balaban J connectivity index is 1.44. The highest BCUT2D eigenvalue weighted by Crippen LogP contribution is 2.23. The molecular weight excluding hydrogens is 461 g/mol. The van der Waals surface area contributed by atoms with Gasteiger partial charge in [0, 0.05) is 17.3 Å². The molecule has 2 aromatic heterocycles. The molecule has 0 bridgehead atoms. The van der Waals surface area contributed by atoms with Gasteiger partial charge in [0.05, 0.1) is 24.0 Å². The first kappa shape index (κ1) is 22.4. The second-order valence-electron chi connectivity index (χ2n) is 7.05. The third kappa shape index (κ3) is 5.17. The number of amides is 1. The number of hydrogen-bond donors (Lipinski definition) is 1. The summed E-state index contributed by atoms with van der Waals surface area (Å²) >= 11 is 6.04. The number of carbonyl (C=O) groups excluding carboxylic acids is 1. The van der Waals surface area contributed by atoms with Gasteiger partial charge in [0.15, 0.2) is 17.3 Å². The summed E-state index contributed by atoms with van der Waals surface area (Å²) < 4.78 is 52.1. The van der Waals surface area contributed by atoms with Gasteiger partial charge < -0.3 is 14.6 Å². The average Bonchev–Trinajstić information content (AvgIpc) is 3.35. The van der Waals surface area contributed by atoms with Crippen molar-refractivity contribution < 1.29 is 27.2 Å². The van der Waals surface area contributed by atoms with Crippen LogP contribution in [0.2, 0.25) is 5.02 Å². The minimum Gasteiger partial charge on any atom is -0.486 e. The van der Waals surface area contributed by atoms with E-state index in [0.717, 1.165) is 12.1 Å². The molecular formula is C22H16ClF3N4O3. The lowest BCUT2D eigenvalue weighted by atomic mass is 10.2. The zero-order chi connectivity index (χ0) is 23.5. The summed E-state index contributed by atoms with van der Waals surface area (Å²) in [6.07, 6.45) is 2.99. The molecule has 0 aliphatic heterocycles. The van der Waals surface area contributed by atoms with Crippen molar-refractivity contribution in [2.75, 3.05) is 5.32 Å². The third-order valence-corrected chi connectivity index (χ3v) is 5.06. The molecule has 0 aliphatic rings. The predicted octanol–water partition coefficient (Wildman–Crippen LogP) is 5.13. The lowest BCUT2D eigenvalue weighted by molar-refractivity contribution is 0.101. The van der Waals surface area contributed by atoms with Crippen LogP contribution in [-0.2, 0) is 13.2 Å². The van der Waals surface area contributed by atoms with Gasteiger partial charge >= 0.3 is 0 Å². The van der Waals surface area contributed by atoms with E-state index < -0.39 is 23.4 Å². The second-order valence-corrected chi connectivity index (χ2v) is 7.45. The van der Waals surface area contributed by atoms with Crippen LogP contribution in [0.3, 0.4) is 0 Å². The number of aromatic nitrogens is 3. The van der Waals surface area contributed by atoms with Gasteiger partial charge in [-0.1, -0.05) is 22.8 Å². The smallest absolute Gasteiger partial charge is 0.278 e. The summed E-state index contributed by atoms with van der Waals surface area (Å²) in [6.45, 7) is 1.62. The number of rotatable bonds is 7. The Morgan fingerprint density at radius 3 is 2.70 bits per heavy atom. The predicted molar refractivity (Wildman–Crippen MR) is 113 cm³/mol. The van der Waals surface area contributed by atoms with E-state index in [1.165, 1.54) is 23.0 Å². The van der Waals surface area contributed by atoms with Gasteiger partial charge in [0.1, 0.15) is 24.0 Å². The van der Waals surface area contributed by atoms with Crippen molar-refractivity contribution in [3.8, 4) is 5.75 Å². The molecule has 0 saturated heterocycles. The van der Waals surface area contributed by atoms with Gasteiger partial charge in [-0.05, 0) is 36.8 Å².